The molecule has 0 aliphatic rings. The van der Waals surface area contributed by atoms with Gasteiger partial charge in [-0.25, -0.2) is 9.67 Å². The number of aromatic nitrogens is 3. The van der Waals surface area contributed by atoms with E-state index in [4.69, 9.17) is 0 Å². The highest BCUT2D eigenvalue weighted by atomic mass is 19.4. The molecule has 0 spiro atoms. The number of pyridine rings is 1. The molecular weight excluding hydrogens is 377 g/mol. The third-order valence-electron chi connectivity index (χ3n) is 3.83. The van der Waals surface area contributed by atoms with Gasteiger partial charge in [-0.15, -0.1) is 13.2 Å². The van der Waals surface area contributed by atoms with Crippen LogP contribution in [0.1, 0.15) is 11.3 Å². The highest BCUT2D eigenvalue weighted by Crippen LogP contribution is 2.27. The van der Waals surface area contributed by atoms with Gasteiger partial charge in [0.25, 0.3) is 0 Å². The van der Waals surface area contributed by atoms with Gasteiger partial charge >= 0.3 is 6.36 Å². The summed E-state index contributed by atoms with van der Waals surface area (Å²) in [4.78, 5) is 15.7. The lowest BCUT2D eigenvalue weighted by Crippen LogP contribution is -2.20. The lowest BCUT2D eigenvalue weighted by molar-refractivity contribution is -0.274. The molecule has 146 valence electrons. The summed E-state index contributed by atoms with van der Waals surface area (Å²) in [5.74, 6) is -0.763. The van der Waals surface area contributed by atoms with Crippen LogP contribution in [-0.4, -0.2) is 32.1 Å². The van der Waals surface area contributed by atoms with Crippen LogP contribution in [0.15, 0.2) is 49.2 Å². The van der Waals surface area contributed by atoms with Crippen LogP contribution < -0.4 is 10.1 Å². The summed E-state index contributed by atoms with van der Waals surface area (Å²) in [6, 6.07) is 6.73. The van der Waals surface area contributed by atoms with Crippen LogP contribution in [-0.2, 0) is 17.9 Å². The SMILES string of the molecule is C=CC(=O)NCc1nn(-c2ccc(OC(F)(F)F)cc2)c2nccc(CO)c12. The molecule has 0 aliphatic heterocycles. The first-order chi connectivity index (χ1) is 13.3. The number of hydrogen-bond donors (Lipinski definition) is 2. The molecule has 2 N–H and O–H groups in total. The van der Waals surface area contributed by atoms with Gasteiger partial charge in [-0.1, -0.05) is 6.58 Å². The molecule has 0 unspecified atom stereocenters. The zero-order valence-corrected chi connectivity index (χ0v) is 14.4. The molecule has 7 nitrogen and oxygen atoms in total. The Balaban J connectivity index is 2.03. The summed E-state index contributed by atoms with van der Waals surface area (Å²) in [6.07, 6.45) is -2.18. The number of alkyl halides is 3. The second kappa shape index (κ2) is 7.69. The third kappa shape index (κ3) is 4.12. The normalized spacial score (nSPS) is 11.4. The molecule has 28 heavy (non-hydrogen) atoms. The molecule has 0 radical (unpaired) electrons. The van der Waals surface area contributed by atoms with E-state index in [-0.39, 0.29) is 18.9 Å². The molecule has 0 aliphatic carbocycles. The molecule has 0 saturated heterocycles. The van der Waals surface area contributed by atoms with Crippen molar-refractivity contribution in [3.63, 3.8) is 0 Å². The minimum Gasteiger partial charge on any atom is -0.406 e. The van der Waals surface area contributed by atoms with Crippen LogP contribution in [0.5, 0.6) is 5.75 Å². The van der Waals surface area contributed by atoms with E-state index in [9.17, 15) is 23.1 Å². The number of amides is 1. The summed E-state index contributed by atoms with van der Waals surface area (Å²) in [6.45, 7) is 3.16. The number of nitrogens with zero attached hydrogens (tertiary/aromatic N) is 3. The Bertz CT molecular complexity index is 1010. The van der Waals surface area contributed by atoms with Crippen LogP contribution >= 0.6 is 0 Å². The van der Waals surface area contributed by atoms with Crippen LogP contribution in [0, 0.1) is 0 Å². The fourth-order valence-corrected chi connectivity index (χ4v) is 2.65. The van der Waals surface area contributed by atoms with Crippen LogP contribution in [0.4, 0.5) is 13.2 Å². The van der Waals surface area contributed by atoms with Crippen molar-refractivity contribution < 1.29 is 27.8 Å². The van der Waals surface area contributed by atoms with Crippen molar-refractivity contribution in [1.82, 2.24) is 20.1 Å². The number of halogens is 3. The predicted molar refractivity (Wildman–Crippen MR) is 93.5 cm³/mol. The largest absolute Gasteiger partial charge is 0.573 e. The molecule has 10 heteroatoms. The highest BCUT2D eigenvalue weighted by molar-refractivity contribution is 5.88. The fraction of sp³-hybridized carbons (Fsp3) is 0.167. The highest BCUT2D eigenvalue weighted by Gasteiger charge is 2.31. The number of fused-ring (bicyclic) bond motifs is 1. The van der Waals surface area contributed by atoms with E-state index >= 15 is 0 Å². The molecular formula is C18H15F3N4O3. The molecule has 2 heterocycles. The Morgan fingerprint density at radius 3 is 2.61 bits per heavy atom. The van der Waals surface area contributed by atoms with Crippen molar-refractivity contribution in [2.75, 3.05) is 0 Å². The summed E-state index contributed by atoms with van der Waals surface area (Å²) in [5, 5.41) is 17.2. The Labute approximate surface area is 157 Å². The van der Waals surface area contributed by atoms with Crippen LogP contribution in [0.3, 0.4) is 0 Å². The standard InChI is InChI=1S/C18H15F3N4O3/c1-2-15(27)23-9-14-16-11(10-26)7-8-22-17(16)25(24-14)12-3-5-13(6-4-12)28-18(19,20)21/h2-8,26H,1,9-10H2,(H,23,27). The maximum atomic E-state index is 12.3. The number of carbonyl (C=O) groups is 1. The first-order valence-corrected chi connectivity index (χ1v) is 8.05. The average molecular weight is 392 g/mol. The molecule has 3 aromatic rings. The minimum absolute atomic E-state index is 0.0579. The maximum absolute atomic E-state index is 12.3. The van der Waals surface area contributed by atoms with Gasteiger partial charge in [0, 0.05) is 11.6 Å². The Hall–Kier alpha value is -3.40. The average Bonchev–Trinajstić information content (AvgIpc) is 3.04. The Morgan fingerprint density at radius 2 is 2.00 bits per heavy atom. The van der Waals surface area contributed by atoms with Gasteiger partial charge in [-0.05, 0) is 42.0 Å². The molecule has 0 fully saturated rings. The second-order valence-corrected chi connectivity index (χ2v) is 5.65. The van der Waals surface area contributed by atoms with E-state index in [1.807, 2.05) is 0 Å². The van der Waals surface area contributed by atoms with Crippen molar-refractivity contribution in [2.24, 2.45) is 0 Å². The van der Waals surface area contributed by atoms with Gasteiger partial charge in [0.15, 0.2) is 5.65 Å². The minimum atomic E-state index is -4.78. The zero-order chi connectivity index (χ0) is 20.3. The van der Waals surface area contributed by atoms with Gasteiger partial charge in [-0.3, -0.25) is 4.79 Å². The van der Waals surface area contributed by atoms with E-state index in [0.717, 1.165) is 18.2 Å². The number of hydrogen-bond acceptors (Lipinski definition) is 5. The number of ether oxygens (including phenoxy) is 1. The Kier molecular flexibility index (Phi) is 5.32. The summed E-state index contributed by atoms with van der Waals surface area (Å²) >= 11 is 0. The number of rotatable bonds is 6. The van der Waals surface area contributed by atoms with Crippen molar-refractivity contribution in [2.45, 2.75) is 19.5 Å². The summed E-state index contributed by atoms with van der Waals surface area (Å²) in [5.41, 5.74) is 1.82. The van der Waals surface area contributed by atoms with Crippen molar-refractivity contribution in [3.8, 4) is 11.4 Å². The van der Waals surface area contributed by atoms with E-state index in [0.29, 0.717) is 28.0 Å². The van der Waals surface area contributed by atoms with Crippen LogP contribution in [0.25, 0.3) is 16.7 Å². The fourth-order valence-electron chi connectivity index (χ4n) is 2.65. The lowest BCUT2D eigenvalue weighted by atomic mass is 10.1. The quantitative estimate of drug-likeness (QED) is 0.630. The van der Waals surface area contributed by atoms with E-state index in [1.165, 1.54) is 23.0 Å². The van der Waals surface area contributed by atoms with E-state index < -0.39 is 12.3 Å². The van der Waals surface area contributed by atoms with Gasteiger partial charge < -0.3 is 15.2 Å². The Morgan fingerprint density at radius 1 is 1.29 bits per heavy atom. The molecule has 2 aromatic heterocycles. The number of carbonyl (C=O) groups excluding carboxylic acids is 1. The molecule has 3 rings (SSSR count). The molecule has 1 aromatic carbocycles. The van der Waals surface area contributed by atoms with Crippen molar-refractivity contribution >= 4 is 16.9 Å². The molecule has 0 atom stereocenters. The smallest absolute Gasteiger partial charge is 0.406 e. The second-order valence-electron chi connectivity index (χ2n) is 5.65. The van der Waals surface area contributed by atoms with Crippen molar-refractivity contribution in [3.05, 3.63) is 60.4 Å². The number of benzene rings is 1. The lowest BCUT2D eigenvalue weighted by Gasteiger charge is -2.09. The van der Waals surface area contributed by atoms with Gasteiger partial charge in [0.05, 0.1) is 24.5 Å². The van der Waals surface area contributed by atoms with Gasteiger partial charge in [0.1, 0.15) is 5.75 Å². The number of nitrogens with one attached hydrogen (secondary N) is 1. The van der Waals surface area contributed by atoms with Crippen molar-refractivity contribution in [1.29, 1.82) is 0 Å². The maximum Gasteiger partial charge on any atom is 0.573 e. The zero-order valence-electron chi connectivity index (χ0n) is 14.4. The number of aliphatic hydroxyl groups is 1. The van der Waals surface area contributed by atoms with E-state index in [2.05, 4.69) is 26.7 Å². The molecule has 1 amide bonds. The van der Waals surface area contributed by atoms with E-state index in [1.54, 1.807) is 6.07 Å². The number of aliphatic hydroxyl groups excluding tert-OH is 1. The molecule has 0 bridgehead atoms. The predicted octanol–water partition coefficient (Wildman–Crippen LogP) is 2.61. The summed E-state index contributed by atoms with van der Waals surface area (Å²) in [7, 11) is 0. The summed E-state index contributed by atoms with van der Waals surface area (Å²) < 4.78 is 42.3. The first-order valence-electron chi connectivity index (χ1n) is 8.05. The van der Waals surface area contributed by atoms with Crippen LogP contribution in [0.2, 0.25) is 0 Å². The van der Waals surface area contributed by atoms with Gasteiger partial charge in [0.2, 0.25) is 5.91 Å². The molecule has 0 saturated carbocycles. The topological polar surface area (TPSA) is 89.3 Å². The monoisotopic (exact) mass is 392 g/mol. The third-order valence-corrected chi connectivity index (χ3v) is 3.83. The van der Waals surface area contributed by atoms with Gasteiger partial charge in [-0.2, -0.15) is 5.10 Å². The first kappa shape index (κ1) is 19.4.